The van der Waals surface area contributed by atoms with E-state index in [0.717, 1.165) is 44.9 Å². The van der Waals surface area contributed by atoms with E-state index in [1.54, 1.807) is 0 Å². The van der Waals surface area contributed by atoms with Gasteiger partial charge in [0.2, 0.25) is 5.91 Å². The van der Waals surface area contributed by atoms with Crippen LogP contribution in [0.2, 0.25) is 0 Å². The number of nitrogens with one attached hydrogen (secondary N) is 1. The van der Waals surface area contributed by atoms with Crippen LogP contribution in [0.15, 0.2) is 48.6 Å². The Morgan fingerprint density at radius 1 is 0.325 bits per heavy atom. The summed E-state index contributed by atoms with van der Waals surface area (Å²) in [5.74, 6) is -0.594. The Labute approximate surface area is 480 Å². The van der Waals surface area contributed by atoms with E-state index in [9.17, 15) is 25.2 Å². The summed E-state index contributed by atoms with van der Waals surface area (Å²) in [5.41, 5.74) is 0. The fourth-order valence-corrected chi connectivity index (χ4v) is 10.9. The molecule has 0 heterocycles. The van der Waals surface area contributed by atoms with Gasteiger partial charge in [-0.25, -0.2) is 0 Å². The van der Waals surface area contributed by atoms with E-state index in [2.05, 4.69) is 67.8 Å². The number of carbonyl (C=O) groups excluding carboxylic acids is 1. The summed E-state index contributed by atoms with van der Waals surface area (Å²) in [5, 5.41) is 44.2. The first-order valence-corrected chi connectivity index (χ1v) is 34.5. The van der Waals surface area contributed by atoms with Crippen molar-refractivity contribution < 1.29 is 25.2 Å². The predicted molar refractivity (Wildman–Crippen MR) is 339 cm³/mol. The molecule has 4 unspecified atom stereocenters. The van der Waals surface area contributed by atoms with Gasteiger partial charge < -0.3 is 25.7 Å². The Morgan fingerprint density at radius 3 is 0.896 bits per heavy atom. The molecule has 0 saturated heterocycles. The van der Waals surface area contributed by atoms with Crippen molar-refractivity contribution in [1.29, 1.82) is 0 Å². The molecule has 1 amide bonds. The van der Waals surface area contributed by atoms with Gasteiger partial charge in [0.1, 0.15) is 12.2 Å². The Kier molecular flexibility index (Phi) is 63.6. The number of amides is 1. The van der Waals surface area contributed by atoms with Gasteiger partial charge in [0.25, 0.3) is 0 Å². The first kappa shape index (κ1) is 75.3. The van der Waals surface area contributed by atoms with E-state index in [1.165, 1.54) is 289 Å². The quantitative estimate of drug-likeness (QED) is 0.0308. The second-order valence-electron chi connectivity index (χ2n) is 23.9. The molecule has 0 aromatic carbocycles. The zero-order valence-electron chi connectivity index (χ0n) is 51.7. The molecule has 0 fully saturated rings. The summed E-state index contributed by atoms with van der Waals surface area (Å²) < 4.78 is 0. The zero-order valence-corrected chi connectivity index (χ0v) is 51.7. The van der Waals surface area contributed by atoms with Crippen LogP contribution in [-0.4, -0.2) is 57.3 Å². The van der Waals surface area contributed by atoms with Crippen LogP contribution >= 0.6 is 0 Å². The second kappa shape index (κ2) is 65.1. The van der Waals surface area contributed by atoms with Crippen LogP contribution in [0.1, 0.15) is 367 Å². The monoisotopic (exact) mass is 1080 g/mol. The summed E-state index contributed by atoms with van der Waals surface area (Å²) in [6, 6.07) is -1.01. The Morgan fingerprint density at radius 2 is 0.584 bits per heavy atom. The maximum Gasteiger partial charge on any atom is 0.249 e. The van der Waals surface area contributed by atoms with Gasteiger partial charge in [-0.15, -0.1) is 0 Å². The molecule has 0 radical (unpaired) electrons. The molecule has 6 heteroatoms. The Bertz CT molecular complexity index is 1260. The lowest BCUT2D eigenvalue weighted by Gasteiger charge is -2.27. The fourth-order valence-electron chi connectivity index (χ4n) is 10.9. The number of rotatable bonds is 64. The summed E-state index contributed by atoms with van der Waals surface area (Å²) >= 11 is 0. The third kappa shape index (κ3) is 58.7. The molecule has 5 N–H and O–H groups in total. The van der Waals surface area contributed by atoms with E-state index < -0.39 is 36.9 Å². The van der Waals surface area contributed by atoms with Crippen molar-refractivity contribution in [3.8, 4) is 0 Å². The van der Waals surface area contributed by atoms with E-state index >= 15 is 0 Å². The summed E-state index contributed by atoms with van der Waals surface area (Å²) in [6.45, 7) is 4.09. The summed E-state index contributed by atoms with van der Waals surface area (Å²) in [4.78, 5) is 12.7. The summed E-state index contributed by atoms with van der Waals surface area (Å²) in [6.07, 6.45) is 85.2. The predicted octanol–water partition coefficient (Wildman–Crippen LogP) is 21.3. The van der Waals surface area contributed by atoms with Crippen LogP contribution in [0, 0.1) is 0 Å². The van der Waals surface area contributed by atoms with Crippen molar-refractivity contribution >= 4 is 5.91 Å². The van der Waals surface area contributed by atoms with Gasteiger partial charge in [0.05, 0.1) is 18.8 Å². The van der Waals surface area contributed by atoms with Gasteiger partial charge in [0.15, 0.2) is 0 Å². The molecule has 4 atom stereocenters. The average Bonchev–Trinajstić information content (AvgIpc) is 3.43. The molecule has 0 saturated carbocycles. The number of hydrogen-bond acceptors (Lipinski definition) is 5. The van der Waals surface area contributed by atoms with E-state index in [1.807, 2.05) is 0 Å². The van der Waals surface area contributed by atoms with E-state index in [4.69, 9.17) is 0 Å². The lowest BCUT2D eigenvalue weighted by Crippen LogP contribution is -2.53. The molecule has 0 aliphatic carbocycles. The van der Waals surface area contributed by atoms with E-state index in [0.29, 0.717) is 19.3 Å². The molecular formula is C71H135NO5. The normalized spacial score (nSPS) is 13.8. The Hall–Kier alpha value is -1.73. The molecule has 454 valence electrons. The zero-order chi connectivity index (χ0) is 55.8. The smallest absolute Gasteiger partial charge is 0.249 e. The molecule has 77 heavy (non-hydrogen) atoms. The maximum atomic E-state index is 12.7. The standard InChI is InChI=1S/C71H135NO5/c1-3-5-7-9-11-13-15-17-19-21-23-25-27-29-31-33-35-37-38-40-42-44-46-48-50-52-54-56-58-60-62-64-68(74)70(76)67(66-73)72-71(77)69(75)65-63-61-59-57-55-53-51-49-47-45-43-41-39-36-34-32-30-28-26-24-22-20-18-16-14-12-10-8-6-4-2/h24,26,30,32,48,50,56,58,67-70,73-76H,3-23,25,27-29,31,33-47,49,51-55,57,59-66H2,1-2H3,(H,72,77)/b26-24-,32-30-,50-48+,58-56+. The third-order valence-electron chi connectivity index (χ3n) is 16.2. The lowest BCUT2D eigenvalue weighted by atomic mass is 10.00. The number of unbranched alkanes of at least 4 members (excludes halogenated alkanes) is 47. The van der Waals surface area contributed by atoms with Gasteiger partial charge >= 0.3 is 0 Å². The van der Waals surface area contributed by atoms with Gasteiger partial charge in [-0.2, -0.15) is 0 Å². The topological polar surface area (TPSA) is 110 Å². The molecule has 6 nitrogen and oxygen atoms in total. The highest BCUT2D eigenvalue weighted by Crippen LogP contribution is 2.19. The molecule has 0 aromatic rings. The van der Waals surface area contributed by atoms with Gasteiger partial charge in [-0.3, -0.25) is 4.79 Å². The van der Waals surface area contributed by atoms with Gasteiger partial charge in [0, 0.05) is 0 Å². The molecular weight excluding hydrogens is 947 g/mol. The van der Waals surface area contributed by atoms with Crippen LogP contribution in [-0.2, 0) is 4.79 Å². The highest BCUT2D eigenvalue weighted by Gasteiger charge is 2.28. The number of aliphatic hydroxyl groups excluding tert-OH is 4. The first-order valence-electron chi connectivity index (χ1n) is 34.5. The van der Waals surface area contributed by atoms with Crippen molar-refractivity contribution in [3.63, 3.8) is 0 Å². The minimum Gasteiger partial charge on any atom is -0.394 e. The van der Waals surface area contributed by atoms with Crippen LogP contribution in [0.25, 0.3) is 0 Å². The molecule has 0 spiro atoms. The first-order chi connectivity index (χ1) is 38.0. The molecule has 0 rings (SSSR count). The minimum absolute atomic E-state index is 0.359. The molecule has 0 aromatic heterocycles. The van der Waals surface area contributed by atoms with Crippen LogP contribution in [0.3, 0.4) is 0 Å². The number of allylic oxidation sites excluding steroid dienone is 8. The number of hydrogen-bond donors (Lipinski definition) is 5. The highest BCUT2D eigenvalue weighted by atomic mass is 16.3. The Balaban J connectivity index is 3.61. The fraction of sp³-hybridized carbons (Fsp3) is 0.873. The molecule has 0 bridgehead atoms. The lowest BCUT2D eigenvalue weighted by molar-refractivity contribution is -0.132. The number of aliphatic hydroxyl groups is 4. The number of carbonyl (C=O) groups is 1. The van der Waals surface area contributed by atoms with E-state index in [-0.39, 0.29) is 0 Å². The van der Waals surface area contributed by atoms with Crippen molar-refractivity contribution in [2.45, 2.75) is 391 Å². The van der Waals surface area contributed by atoms with Crippen molar-refractivity contribution in [1.82, 2.24) is 5.32 Å². The van der Waals surface area contributed by atoms with Gasteiger partial charge in [-0.1, -0.05) is 332 Å². The van der Waals surface area contributed by atoms with Crippen molar-refractivity contribution in [3.05, 3.63) is 48.6 Å². The SMILES string of the molecule is CCCCCCCCCCC/C=C\C/C=C\CCCCCCCCCCCCCCCCC(O)C(=O)NC(CO)C(O)C(O)CCC/C=C/CC/C=C/CCCCCCCCCCCCCCCCCCCCCCCC. The molecule has 0 aliphatic heterocycles. The highest BCUT2D eigenvalue weighted by molar-refractivity contribution is 5.80. The largest absolute Gasteiger partial charge is 0.394 e. The molecule has 0 aliphatic rings. The average molecular weight is 1080 g/mol. The minimum atomic E-state index is -1.29. The summed E-state index contributed by atoms with van der Waals surface area (Å²) in [7, 11) is 0. The second-order valence-corrected chi connectivity index (χ2v) is 23.9. The van der Waals surface area contributed by atoms with Crippen LogP contribution in [0.5, 0.6) is 0 Å². The maximum absolute atomic E-state index is 12.7. The van der Waals surface area contributed by atoms with Crippen molar-refractivity contribution in [2.24, 2.45) is 0 Å². The van der Waals surface area contributed by atoms with Gasteiger partial charge in [-0.05, 0) is 83.5 Å². The van der Waals surface area contributed by atoms with Crippen LogP contribution in [0.4, 0.5) is 0 Å². The van der Waals surface area contributed by atoms with Crippen molar-refractivity contribution in [2.75, 3.05) is 6.61 Å². The third-order valence-corrected chi connectivity index (χ3v) is 16.2. The van der Waals surface area contributed by atoms with Crippen LogP contribution < -0.4 is 5.32 Å².